The Bertz CT molecular complexity index is 642. The Kier molecular flexibility index (Phi) is 4.92. The van der Waals surface area contributed by atoms with Gasteiger partial charge in [0.1, 0.15) is 5.75 Å². The Morgan fingerprint density at radius 2 is 2.14 bits per heavy atom. The number of carbonyl (C=O) groups excluding carboxylic acids is 2. The standard InChI is InChI=1S/C15H17ClN2O4/c1-4-22-14(19)12-8(2)17-15(20)18-13(12)9-5-6-11(21-3)10(16)7-9/h5-7,13H,4H2,1-3H3,(H2,17,18,20)/t13-/m1/s1. The molecule has 1 heterocycles. The highest BCUT2D eigenvalue weighted by Gasteiger charge is 2.32. The second kappa shape index (κ2) is 6.70. The third kappa shape index (κ3) is 3.17. The van der Waals surface area contributed by atoms with Crippen LogP contribution in [0, 0.1) is 0 Å². The summed E-state index contributed by atoms with van der Waals surface area (Å²) in [6.45, 7) is 3.63. The van der Waals surface area contributed by atoms with Crippen molar-refractivity contribution in [2.24, 2.45) is 0 Å². The number of benzene rings is 1. The molecule has 0 fully saturated rings. The monoisotopic (exact) mass is 324 g/mol. The number of rotatable bonds is 4. The summed E-state index contributed by atoms with van der Waals surface area (Å²) in [7, 11) is 1.52. The van der Waals surface area contributed by atoms with Crippen molar-refractivity contribution in [3.63, 3.8) is 0 Å². The lowest BCUT2D eigenvalue weighted by atomic mass is 9.95. The minimum atomic E-state index is -0.629. The van der Waals surface area contributed by atoms with E-state index in [2.05, 4.69) is 10.6 Å². The first-order chi connectivity index (χ1) is 10.5. The second-order valence-corrected chi connectivity index (χ2v) is 5.09. The van der Waals surface area contributed by atoms with Crippen LogP contribution in [0.3, 0.4) is 0 Å². The first kappa shape index (κ1) is 16.2. The van der Waals surface area contributed by atoms with Crippen LogP contribution in [0.2, 0.25) is 5.02 Å². The zero-order valence-electron chi connectivity index (χ0n) is 12.5. The molecule has 1 aliphatic heterocycles. The van der Waals surface area contributed by atoms with Gasteiger partial charge in [-0.3, -0.25) is 0 Å². The highest BCUT2D eigenvalue weighted by molar-refractivity contribution is 6.32. The number of hydrogen-bond acceptors (Lipinski definition) is 4. The molecule has 1 atom stereocenters. The first-order valence-corrected chi connectivity index (χ1v) is 7.14. The van der Waals surface area contributed by atoms with Crippen LogP contribution >= 0.6 is 11.6 Å². The fourth-order valence-electron chi connectivity index (χ4n) is 2.29. The number of amides is 2. The molecule has 1 aliphatic rings. The van der Waals surface area contributed by atoms with E-state index in [9.17, 15) is 9.59 Å². The maximum absolute atomic E-state index is 12.2. The maximum atomic E-state index is 12.2. The molecule has 1 aromatic rings. The lowest BCUT2D eigenvalue weighted by molar-refractivity contribution is -0.139. The lowest BCUT2D eigenvalue weighted by Gasteiger charge is -2.28. The number of urea groups is 1. The second-order valence-electron chi connectivity index (χ2n) is 4.68. The number of nitrogens with one attached hydrogen (secondary N) is 2. The third-order valence-corrected chi connectivity index (χ3v) is 3.57. The molecule has 6 nitrogen and oxygen atoms in total. The van der Waals surface area contributed by atoms with E-state index in [1.807, 2.05) is 0 Å². The smallest absolute Gasteiger partial charge is 0.338 e. The van der Waals surface area contributed by atoms with Crippen molar-refractivity contribution >= 4 is 23.6 Å². The molecule has 0 spiro atoms. The molecular weight excluding hydrogens is 308 g/mol. The minimum Gasteiger partial charge on any atom is -0.495 e. The largest absolute Gasteiger partial charge is 0.495 e. The Hall–Kier alpha value is -2.21. The van der Waals surface area contributed by atoms with Crippen LogP contribution in [0.4, 0.5) is 4.79 Å². The molecule has 2 amide bonds. The molecule has 7 heteroatoms. The van der Waals surface area contributed by atoms with E-state index in [0.717, 1.165) is 0 Å². The van der Waals surface area contributed by atoms with Crippen LogP contribution in [0.1, 0.15) is 25.5 Å². The zero-order valence-corrected chi connectivity index (χ0v) is 13.3. The highest BCUT2D eigenvalue weighted by atomic mass is 35.5. The Balaban J connectivity index is 2.45. The van der Waals surface area contributed by atoms with Gasteiger partial charge < -0.3 is 20.1 Å². The van der Waals surface area contributed by atoms with Gasteiger partial charge in [0.15, 0.2) is 0 Å². The summed E-state index contributed by atoms with van der Waals surface area (Å²) in [6, 6.07) is 4.07. The number of allylic oxidation sites excluding steroid dienone is 1. The summed E-state index contributed by atoms with van der Waals surface area (Å²) in [5.74, 6) is 0.0357. The summed E-state index contributed by atoms with van der Waals surface area (Å²) in [5, 5.41) is 5.68. The van der Waals surface area contributed by atoms with Gasteiger partial charge in [0, 0.05) is 5.70 Å². The van der Waals surface area contributed by atoms with Crippen molar-refractivity contribution in [1.82, 2.24) is 10.6 Å². The number of ether oxygens (including phenoxy) is 2. The van der Waals surface area contributed by atoms with Crippen molar-refractivity contribution in [2.45, 2.75) is 19.9 Å². The van der Waals surface area contributed by atoms with Crippen LogP contribution in [0.25, 0.3) is 0 Å². The summed E-state index contributed by atoms with van der Waals surface area (Å²) < 4.78 is 10.2. The van der Waals surface area contributed by atoms with E-state index in [0.29, 0.717) is 27.6 Å². The molecule has 0 unspecified atom stereocenters. The highest BCUT2D eigenvalue weighted by Crippen LogP contribution is 2.32. The third-order valence-electron chi connectivity index (χ3n) is 3.27. The Morgan fingerprint density at radius 1 is 1.41 bits per heavy atom. The van der Waals surface area contributed by atoms with Crippen molar-refractivity contribution < 1.29 is 19.1 Å². The van der Waals surface area contributed by atoms with Crippen molar-refractivity contribution in [1.29, 1.82) is 0 Å². The van der Waals surface area contributed by atoms with Crippen LogP contribution in [0.5, 0.6) is 5.75 Å². The average molecular weight is 325 g/mol. The maximum Gasteiger partial charge on any atom is 0.338 e. The van der Waals surface area contributed by atoms with Gasteiger partial charge in [0.2, 0.25) is 0 Å². The van der Waals surface area contributed by atoms with E-state index in [4.69, 9.17) is 21.1 Å². The lowest BCUT2D eigenvalue weighted by Crippen LogP contribution is -2.45. The minimum absolute atomic E-state index is 0.250. The first-order valence-electron chi connectivity index (χ1n) is 6.76. The number of hydrogen-bond donors (Lipinski definition) is 2. The van der Waals surface area contributed by atoms with E-state index in [1.165, 1.54) is 7.11 Å². The van der Waals surface area contributed by atoms with Crippen molar-refractivity contribution in [3.8, 4) is 5.75 Å². The number of esters is 1. The molecule has 0 bridgehead atoms. The molecule has 0 aromatic heterocycles. The summed E-state index contributed by atoms with van der Waals surface area (Å²) >= 11 is 6.12. The molecule has 0 aliphatic carbocycles. The quantitative estimate of drug-likeness (QED) is 0.834. The van der Waals surface area contributed by atoms with Gasteiger partial charge in [-0.15, -0.1) is 0 Å². The topological polar surface area (TPSA) is 76.7 Å². The molecule has 0 saturated heterocycles. The molecule has 0 radical (unpaired) electrons. The predicted octanol–water partition coefficient (Wildman–Crippen LogP) is 2.54. The molecule has 118 valence electrons. The average Bonchev–Trinajstić information content (AvgIpc) is 2.46. The van der Waals surface area contributed by atoms with Gasteiger partial charge in [0.25, 0.3) is 0 Å². The summed E-state index contributed by atoms with van der Waals surface area (Å²) in [4.78, 5) is 23.9. The fraction of sp³-hybridized carbons (Fsp3) is 0.333. The normalized spacial score (nSPS) is 17.6. The molecule has 2 N–H and O–H groups in total. The van der Waals surface area contributed by atoms with Crippen molar-refractivity contribution in [2.75, 3.05) is 13.7 Å². The van der Waals surface area contributed by atoms with Crippen molar-refractivity contribution in [3.05, 3.63) is 40.1 Å². The van der Waals surface area contributed by atoms with E-state index in [1.54, 1.807) is 32.0 Å². The van der Waals surface area contributed by atoms with E-state index >= 15 is 0 Å². The van der Waals surface area contributed by atoms with Crippen LogP contribution < -0.4 is 15.4 Å². The van der Waals surface area contributed by atoms with Gasteiger partial charge >= 0.3 is 12.0 Å². The SMILES string of the molecule is CCOC(=O)C1=C(C)NC(=O)N[C@@H]1c1ccc(OC)c(Cl)c1. The van der Waals surface area contributed by atoms with Crippen LogP contribution in [0.15, 0.2) is 29.5 Å². The fourth-order valence-corrected chi connectivity index (χ4v) is 2.55. The summed E-state index contributed by atoms with van der Waals surface area (Å²) in [5.41, 5.74) is 1.48. The van der Waals surface area contributed by atoms with Gasteiger partial charge in [-0.05, 0) is 31.5 Å². The number of methoxy groups -OCH3 is 1. The van der Waals surface area contributed by atoms with Gasteiger partial charge in [-0.1, -0.05) is 17.7 Å². The predicted molar refractivity (Wildman–Crippen MR) is 81.7 cm³/mol. The zero-order chi connectivity index (χ0) is 16.3. The summed E-state index contributed by atoms with van der Waals surface area (Å²) in [6.07, 6.45) is 0. The molecule has 2 rings (SSSR count). The number of carbonyl (C=O) groups is 2. The van der Waals surface area contributed by atoms with Gasteiger partial charge in [-0.25, -0.2) is 9.59 Å². The number of halogens is 1. The molecule has 1 aromatic carbocycles. The molecule has 22 heavy (non-hydrogen) atoms. The Morgan fingerprint density at radius 3 is 2.73 bits per heavy atom. The molecular formula is C15H17ClN2O4. The Labute approximate surface area is 133 Å². The van der Waals surface area contributed by atoms with Crippen LogP contribution in [-0.2, 0) is 9.53 Å². The van der Waals surface area contributed by atoms with E-state index in [-0.39, 0.29) is 12.6 Å². The van der Waals surface area contributed by atoms with Gasteiger partial charge in [0.05, 0.1) is 30.4 Å². The van der Waals surface area contributed by atoms with E-state index < -0.39 is 12.0 Å². The van der Waals surface area contributed by atoms with Gasteiger partial charge in [-0.2, -0.15) is 0 Å². The van der Waals surface area contributed by atoms with Crippen LogP contribution in [-0.4, -0.2) is 25.7 Å². The molecule has 0 saturated carbocycles.